The first-order valence-electron chi connectivity index (χ1n) is 2.72. The summed E-state index contributed by atoms with van der Waals surface area (Å²) in [7, 11) is 1.71. The quantitative estimate of drug-likeness (QED) is 0.372. The molecule has 0 aromatic heterocycles. The van der Waals surface area contributed by atoms with Crippen molar-refractivity contribution < 1.29 is 0 Å². The average molecular weight is 174 g/mol. The van der Waals surface area contributed by atoms with Crippen LogP contribution in [0.5, 0.6) is 0 Å². The summed E-state index contributed by atoms with van der Waals surface area (Å²) in [4.78, 5) is 4.65. The Labute approximate surface area is 70.8 Å². The zero-order valence-corrected chi connectivity index (χ0v) is 7.68. The molecule has 0 saturated carbocycles. The summed E-state index contributed by atoms with van der Waals surface area (Å²) in [5.74, 6) is 0. The molecule has 56 valence electrons. The van der Waals surface area contributed by atoms with Crippen LogP contribution >= 0.6 is 24.0 Å². The van der Waals surface area contributed by atoms with Gasteiger partial charge in [-0.15, -0.1) is 0 Å². The summed E-state index contributed by atoms with van der Waals surface area (Å²) in [5.41, 5.74) is 0. The summed E-state index contributed by atoms with van der Waals surface area (Å²) in [6.07, 6.45) is 0. The van der Waals surface area contributed by atoms with Crippen LogP contribution < -0.4 is 5.32 Å². The lowest BCUT2D eigenvalue weighted by Crippen LogP contribution is -2.23. The number of aliphatic imine (C=N–C) groups is 1. The molecule has 2 nitrogen and oxygen atoms in total. The van der Waals surface area contributed by atoms with Crippen LogP contribution in [0.1, 0.15) is 6.92 Å². The lowest BCUT2D eigenvalue weighted by Gasteiger charge is -2.02. The SMILES string of the molecule is C=CSC(=NC)NC(C)=S. The van der Waals surface area contributed by atoms with Crippen molar-refractivity contribution in [2.75, 3.05) is 7.05 Å². The molecule has 4 heteroatoms. The number of amidine groups is 1. The van der Waals surface area contributed by atoms with Gasteiger partial charge in [0.2, 0.25) is 0 Å². The van der Waals surface area contributed by atoms with Gasteiger partial charge in [-0.05, 0) is 12.3 Å². The van der Waals surface area contributed by atoms with Crippen LogP contribution in [0, 0.1) is 0 Å². The monoisotopic (exact) mass is 174 g/mol. The molecule has 0 heterocycles. The summed E-state index contributed by atoms with van der Waals surface area (Å²) in [6, 6.07) is 0. The van der Waals surface area contributed by atoms with Crippen LogP contribution in [-0.2, 0) is 0 Å². The van der Waals surface area contributed by atoms with Crippen molar-refractivity contribution in [2.45, 2.75) is 6.92 Å². The molecule has 0 bridgehead atoms. The fraction of sp³-hybridized carbons (Fsp3) is 0.333. The number of nitrogens with one attached hydrogen (secondary N) is 1. The van der Waals surface area contributed by atoms with Gasteiger partial charge in [0.05, 0.1) is 4.99 Å². The van der Waals surface area contributed by atoms with Crippen molar-refractivity contribution >= 4 is 34.1 Å². The summed E-state index contributed by atoms with van der Waals surface area (Å²) in [5, 5.41) is 5.39. The van der Waals surface area contributed by atoms with Crippen LogP contribution in [0.2, 0.25) is 0 Å². The second-order valence-electron chi connectivity index (χ2n) is 1.49. The van der Waals surface area contributed by atoms with E-state index in [4.69, 9.17) is 12.2 Å². The highest BCUT2D eigenvalue weighted by Crippen LogP contribution is 2.00. The van der Waals surface area contributed by atoms with E-state index in [1.807, 2.05) is 6.92 Å². The third-order valence-electron chi connectivity index (χ3n) is 0.681. The Kier molecular flexibility index (Phi) is 5.25. The Bertz CT molecular complexity index is 163. The maximum absolute atomic E-state index is 4.81. The van der Waals surface area contributed by atoms with Crippen molar-refractivity contribution in [1.29, 1.82) is 0 Å². The Hall–Kier alpha value is -0.350. The van der Waals surface area contributed by atoms with Crippen molar-refractivity contribution in [2.24, 2.45) is 4.99 Å². The minimum atomic E-state index is 0.718. The molecular weight excluding hydrogens is 164 g/mol. The molecule has 0 rings (SSSR count). The van der Waals surface area contributed by atoms with Crippen LogP contribution in [-0.4, -0.2) is 17.2 Å². The van der Waals surface area contributed by atoms with Gasteiger partial charge < -0.3 is 5.32 Å². The molecule has 0 aliphatic carbocycles. The van der Waals surface area contributed by atoms with Gasteiger partial charge in [0.15, 0.2) is 5.17 Å². The van der Waals surface area contributed by atoms with E-state index < -0.39 is 0 Å². The lowest BCUT2D eigenvalue weighted by molar-refractivity contribution is 1.34. The Morgan fingerprint density at radius 1 is 1.80 bits per heavy atom. The molecule has 0 unspecified atom stereocenters. The van der Waals surface area contributed by atoms with Crippen LogP contribution in [0.15, 0.2) is 17.0 Å². The van der Waals surface area contributed by atoms with E-state index in [0.29, 0.717) is 0 Å². The molecule has 0 fully saturated rings. The third-order valence-corrected chi connectivity index (χ3v) is 1.46. The van der Waals surface area contributed by atoms with E-state index >= 15 is 0 Å². The van der Waals surface area contributed by atoms with Crippen molar-refractivity contribution in [3.63, 3.8) is 0 Å². The molecule has 0 radical (unpaired) electrons. The highest BCUT2D eigenvalue weighted by molar-refractivity contribution is 8.16. The number of hydrogen-bond acceptors (Lipinski definition) is 3. The molecule has 0 spiro atoms. The first-order chi connectivity index (χ1) is 4.70. The number of nitrogens with zero attached hydrogens (tertiary/aromatic N) is 1. The van der Waals surface area contributed by atoms with Crippen molar-refractivity contribution in [3.05, 3.63) is 12.0 Å². The molecule has 0 aromatic carbocycles. The maximum Gasteiger partial charge on any atom is 0.165 e. The van der Waals surface area contributed by atoms with Crippen LogP contribution in [0.4, 0.5) is 0 Å². The average Bonchev–Trinajstić information content (AvgIpc) is 1.86. The highest BCUT2D eigenvalue weighted by atomic mass is 32.2. The number of thiocarbonyl (C=S) groups is 1. The molecular formula is C6H10N2S2. The topological polar surface area (TPSA) is 24.4 Å². The normalized spacial score (nSPS) is 10.8. The van der Waals surface area contributed by atoms with Gasteiger partial charge in [-0.25, -0.2) is 0 Å². The number of thioether (sulfide) groups is 1. The Morgan fingerprint density at radius 2 is 2.40 bits per heavy atom. The molecule has 1 N–H and O–H groups in total. The predicted octanol–water partition coefficient (Wildman–Crippen LogP) is 1.79. The minimum Gasteiger partial charge on any atom is -0.329 e. The third kappa shape index (κ3) is 4.52. The second kappa shape index (κ2) is 5.44. The van der Waals surface area contributed by atoms with Gasteiger partial charge in [0.1, 0.15) is 0 Å². The van der Waals surface area contributed by atoms with Gasteiger partial charge in [0.25, 0.3) is 0 Å². The molecule has 0 aliphatic heterocycles. The Morgan fingerprint density at radius 3 is 2.70 bits per heavy atom. The smallest absolute Gasteiger partial charge is 0.165 e. The fourth-order valence-corrected chi connectivity index (χ4v) is 1.00. The van der Waals surface area contributed by atoms with E-state index in [2.05, 4.69) is 16.9 Å². The predicted molar refractivity (Wildman–Crippen MR) is 52.6 cm³/mol. The van der Waals surface area contributed by atoms with E-state index in [-0.39, 0.29) is 0 Å². The molecule has 0 aliphatic rings. The number of hydrogen-bond donors (Lipinski definition) is 1. The van der Waals surface area contributed by atoms with Crippen molar-refractivity contribution in [1.82, 2.24) is 5.32 Å². The van der Waals surface area contributed by atoms with Gasteiger partial charge in [0, 0.05) is 7.05 Å². The van der Waals surface area contributed by atoms with Gasteiger partial charge in [-0.3, -0.25) is 4.99 Å². The van der Waals surface area contributed by atoms with E-state index in [0.717, 1.165) is 10.2 Å². The highest BCUT2D eigenvalue weighted by Gasteiger charge is 1.93. The van der Waals surface area contributed by atoms with Gasteiger partial charge in [-0.1, -0.05) is 30.6 Å². The summed E-state index contributed by atoms with van der Waals surface area (Å²) in [6.45, 7) is 5.36. The first-order valence-corrected chi connectivity index (χ1v) is 4.01. The molecule has 0 atom stereocenters. The largest absolute Gasteiger partial charge is 0.329 e. The van der Waals surface area contributed by atoms with E-state index in [9.17, 15) is 0 Å². The summed E-state index contributed by atoms with van der Waals surface area (Å²) >= 11 is 6.23. The van der Waals surface area contributed by atoms with Crippen molar-refractivity contribution in [3.8, 4) is 0 Å². The van der Waals surface area contributed by atoms with Crippen LogP contribution in [0.3, 0.4) is 0 Å². The zero-order chi connectivity index (χ0) is 7.98. The second-order valence-corrected chi connectivity index (χ2v) is 3.06. The van der Waals surface area contributed by atoms with E-state index in [1.54, 1.807) is 12.5 Å². The number of rotatable bonds is 1. The Balaban J connectivity index is 3.84. The first kappa shape index (κ1) is 9.65. The molecule has 0 saturated heterocycles. The van der Waals surface area contributed by atoms with Gasteiger partial charge in [-0.2, -0.15) is 0 Å². The zero-order valence-electron chi connectivity index (χ0n) is 6.05. The maximum atomic E-state index is 4.81. The molecule has 10 heavy (non-hydrogen) atoms. The molecule has 0 aromatic rings. The van der Waals surface area contributed by atoms with E-state index in [1.165, 1.54) is 11.8 Å². The lowest BCUT2D eigenvalue weighted by atomic mass is 10.8. The molecule has 0 amide bonds. The fourth-order valence-electron chi connectivity index (χ4n) is 0.368. The standard InChI is InChI=1S/C6H10N2S2/c1-4-10-6(7-3)8-5(2)9/h4H,1H2,2-3H3,(H,7,8,9). The van der Waals surface area contributed by atoms with Gasteiger partial charge >= 0.3 is 0 Å². The minimum absolute atomic E-state index is 0.718. The van der Waals surface area contributed by atoms with Crippen LogP contribution in [0.25, 0.3) is 0 Å². The summed E-state index contributed by atoms with van der Waals surface area (Å²) < 4.78 is 0.